The molecule has 0 aliphatic carbocycles. The Kier molecular flexibility index (Phi) is 2.02. The molecule has 2 aromatic rings. The number of aryl methyl sites for hydroxylation is 1. The number of furan rings is 1. The quantitative estimate of drug-likeness (QED) is 0.697. The van der Waals surface area contributed by atoms with Gasteiger partial charge in [0.05, 0.1) is 12.5 Å². The molecule has 0 unspecified atom stereocenters. The van der Waals surface area contributed by atoms with Gasteiger partial charge in [-0.05, 0) is 19.1 Å². The summed E-state index contributed by atoms with van der Waals surface area (Å²) in [5.74, 6) is 1.08. The fraction of sp³-hybridized carbons (Fsp3) is 0.125. The molecule has 0 saturated carbocycles. The van der Waals surface area contributed by atoms with Crippen LogP contribution in [0.3, 0.4) is 0 Å². The van der Waals surface area contributed by atoms with E-state index >= 15 is 0 Å². The third-order valence-electron chi connectivity index (χ3n) is 1.66. The Morgan fingerprint density at radius 2 is 2.57 bits per heavy atom. The van der Waals surface area contributed by atoms with Crippen molar-refractivity contribution < 1.29 is 4.42 Å². The molecule has 2 aromatic heterocycles. The van der Waals surface area contributed by atoms with Crippen molar-refractivity contribution in [1.82, 2.24) is 14.9 Å². The topological polar surface area (TPSA) is 76.2 Å². The summed E-state index contributed by atoms with van der Waals surface area (Å²) in [6, 6.07) is 3.48. The van der Waals surface area contributed by atoms with Crippen LogP contribution in [0.15, 0.2) is 32.7 Å². The van der Waals surface area contributed by atoms with Crippen molar-refractivity contribution in [2.75, 3.05) is 0 Å². The molecule has 6 nitrogen and oxygen atoms in total. The van der Waals surface area contributed by atoms with E-state index in [1.54, 1.807) is 19.1 Å². The molecule has 0 atom stereocenters. The minimum atomic E-state index is -0.370. The van der Waals surface area contributed by atoms with E-state index in [1.165, 1.54) is 12.5 Å². The second kappa shape index (κ2) is 3.33. The van der Waals surface area contributed by atoms with Crippen LogP contribution in [0.5, 0.6) is 0 Å². The molecule has 0 saturated heterocycles. The van der Waals surface area contributed by atoms with E-state index < -0.39 is 0 Å². The second-order valence-electron chi connectivity index (χ2n) is 2.65. The van der Waals surface area contributed by atoms with E-state index in [1.807, 2.05) is 0 Å². The SMILES string of the molecule is Cc1n[nH]c(=O)n1/N=C/c1ccco1. The zero-order chi connectivity index (χ0) is 9.97. The molecule has 72 valence electrons. The Hall–Kier alpha value is -2.11. The minimum Gasteiger partial charge on any atom is -0.463 e. The van der Waals surface area contributed by atoms with Crippen molar-refractivity contribution in [1.29, 1.82) is 0 Å². The van der Waals surface area contributed by atoms with Gasteiger partial charge in [-0.1, -0.05) is 0 Å². The maximum absolute atomic E-state index is 11.1. The van der Waals surface area contributed by atoms with E-state index in [-0.39, 0.29) is 5.69 Å². The van der Waals surface area contributed by atoms with Gasteiger partial charge in [-0.25, -0.2) is 9.89 Å². The molecule has 1 N–H and O–H groups in total. The summed E-state index contributed by atoms with van der Waals surface area (Å²) in [4.78, 5) is 11.1. The number of aromatic nitrogens is 3. The predicted molar refractivity (Wildman–Crippen MR) is 49.3 cm³/mol. The Balaban J connectivity index is 2.31. The first-order valence-electron chi connectivity index (χ1n) is 3.99. The minimum absolute atomic E-state index is 0.370. The molecule has 0 aromatic carbocycles. The molecular formula is C8H8N4O2. The summed E-state index contributed by atoms with van der Waals surface area (Å²) in [7, 11) is 0. The first kappa shape index (κ1) is 8.49. The van der Waals surface area contributed by atoms with Crippen LogP contribution in [-0.2, 0) is 0 Å². The average Bonchev–Trinajstić information content (AvgIpc) is 2.76. The molecular weight excluding hydrogens is 184 g/mol. The molecule has 0 fully saturated rings. The van der Waals surface area contributed by atoms with Crippen LogP contribution in [0.25, 0.3) is 0 Å². The smallest absolute Gasteiger partial charge is 0.364 e. The van der Waals surface area contributed by atoms with Crippen molar-refractivity contribution in [2.45, 2.75) is 6.92 Å². The fourth-order valence-corrected chi connectivity index (χ4v) is 0.986. The van der Waals surface area contributed by atoms with Gasteiger partial charge in [0.15, 0.2) is 5.82 Å². The van der Waals surface area contributed by atoms with E-state index in [0.29, 0.717) is 11.6 Å². The lowest BCUT2D eigenvalue weighted by atomic mass is 10.5. The summed E-state index contributed by atoms with van der Waals surface area (Å²) in [6.45, 7) is 1.68. The highest BCUT2D eigenvalue weighted by molar-refractivity contribution is 5.75. The lowest BCUT2D eigenvalue weighted by molar-refractivity contribution is 0.559. The van der Waals surface area contributed by atoms with Gasteiger partial charge >= 0.3 is 5.69 Å². The lowest BCUT2D eigenvalue weighted by Crippen LogP contribution is -2.13. The van der Waals surface area contributed by atoms with Gasteiger partial charge in [-0.15, -0.1) is 0 Å². The van der Waals surface area contributed by atoms with Crippen molar-refractivity contribution in [2.24, 2.45) is 5.10 Å². The number of nitrogens with one attached hydrogen (secondary N) is 1. The monoisotopic (exact) mass is 192 g/mol. The van der Waals surface area contributed by atoms with Gasteiger partial charge in [0.25, 0.3) is 0 Å². The van der Waals surface area contributed by atoms with Crippen LogP contribution in [0.2, 0.25) is 0 Å². The van der Waals surface area contributed by atoms with Crippen molar-refractivity contribution in [3.05, 3.63) is 40.5 Å². The van der Waals surface area contributed by atoms with E-state index in [0.717, 1.165) is 4.68 Å². The molecule has 2 heterocycles. The summed E-state index contributed by atoms with van der Waals surface area (Å²) in [5, 5.41) is 9.88. The Bertz CT molecular complexity index is 492. The number of H-pyrrole nitrogens is 1. The van der Waals surface area contributed by atoms with Crippen molar-refractivity contribution in [3.63, 3.8) is 0 Å². The highest BCUT2D eigenvalue weighted by Crippen LogP contribution is 1.95. The third-order valence-corrected chi connectivity index (χ3v) is 1.66. The third kappa shape index (κ3) is 1.49. The molecule has 14 heavy (non-hydrogen) atoms. The first-order valence-corrected chi connectivity index (χ1v) is 3.99. The summed E-state index contributed by atoms with van der Waals surface area (Å²) >= 11 is 0. The average molecular weight is 192 g/mol. The van der Waals surface area contributed by atoms with E-state index in [4.69, 9.17) is 4.42 Å². The van der Waals surface area contributed by atoms with Gasteiger partial charge in [-0.3, -0.25) is 0 Å². The van der Waals surface area contributed by atoms with Crippen LogP contribution in [-0.4, -0.2) is 21.1 Å². The number of hydrogen-bond donors (Lipinski definition) is 1. The first-order chi connectivity index (χ1) is 6.77. The van der Waals surface area contributed by atoms with Gasteiger partial charge in [0.1, 0.15) is 5.76 Å². The number of nitrogens with zero attached hydrogens (tertiary/aromatic N) is 3. The number of rotatable bonds is 2. The molecule has 2 rings (SSSR count). The Morgan fingerprint density at radius 3 is 3.14 bits per heavy atom. The maximum Gasteiger partial charge on any atom is 0.364 e. The largest absolute Gasteiger partial charge is 0.463 e. The van der Waals surface area contributed by atoms with Crippen LogP contribution in [0, 0.1) is 6.92 Å². The van der Waals surface area contributed by atoms with Crippen molar-refractivity contribution >= 4 is 6.21 Å². The zero-order valence-corrected chi connectivity index (χ0v) is 7.47. The molecule has 0 bridgehead atoms. The van der Waals surface area contributed by atoms with Crippen LogP contribution in [0.4, 0.5) is 0 Å². The van der Waals surface area contributed by atoms with Crippen molar-refractivity contribution in [3.8, 4) is 0 Å². The molecule has 0 radical (unpaired) electrons. The zero-order valence-electron chi connectivity index (χ0n) is 7.47. The Labute approximate surface area is 78.9 Å². The van der Waals surface area contributed by atoms with E-state index in [9.17, 15) is 4.79 Å². The summed E-state index contributed by atoms with van der Waals surface area (Å²) in [5.41, 5.74) is -0.370. The predicted octanol–water partition coefficient (Wildman–Crippen LogP) is 0.355. The van der Waals surface area contributed by atoms with Gasteiger partial charge in [0.2, 0.25) is 0 Å². The van der Waals surface area contributed by atoms with Crippen LogP contribution < -0.4 is 5.69 Å². The van der Waals surface area contributed by atoms with Crippen LogP contribution in [0.1, 0.15) is 11.6 Å². The molecule has 0 amide bonds. The Morgan fingerprint density at radius 1 is 1.71 bits per heavy atom. The highest BCUT2D eigenvalue weighted by Gasteiger charge is 1.99. The maximum atomic E-state index is 11.1. The second-order valence-corrected chi connectivity index (χ2v) is 2.65. The molecule has 6 heteroatoms. The normalized spacial score (nSPS) is 11.2. The van der Waals surface area contributed by atoms with Gasteiger partial charge in [0, 0.05) is 0 Å². The summed E-state index contributed by atoms with van der Waals surface area (Å²) < 4.78 is 6.17. The summed E-state index contributed by atoms with van der Waals surface area (Å²) in [6.07, 6.45) is 2.98. The number of hydrogen-bond acceptors (Lipinski definition) is 4. The van der Waals surface area contributed by atoms with Crippen LogP contribution >= 0.6 is 0 Å². The highest BCUT2D eigenvalue weighted by atomic mass is 16.3. The van der Waals surface area contributed by atoms with E-state index in [2.05, 4.69) is 15.3 Å². The number of aromatic amines is 1. The fourth-order valence-electron chi connectivity index (χ4n) is 0.986. The molecule has 0 spiro atoms. The lowest BCUT2D eigenvalue weighted by Gasteiger charge is -1.89. The van der Waals surface area contributed by atoms with Gasteiger partial charge < -0.3 is 4.42 Å². The molecule has 0 aliphatic heterocycles. The van der Waals surface area contributed by atoms with Gasteiger partial charge in [-0.2, -0.15) is 14.9 Å². The standard InChI is InChI=1S/C8H8N4O2/c1-6-10-11-8(13)12(6)9-5-7-3-2-4-14-7/h2-5H,1H3,(H,11,13)/b9-5+. The molecule has 0 aliphatic rings.